The number of rotatable bonds is 2. The highest BCUT2D eigenvalue weighted by molar-refractivity contribution is 5.94. The molecular formula is C23H23N3O2. The van der Waals surface area contributed by atoms with Gasteiger partial charge >= 0.3 is 0 Å². The van der Waals surface area contributed by atoms with Crippen molar-refractivity contribution in [2.24, 2.45) is 0 Å². The van der Waals surface area contributed by atoms with Crippen molar-refractivity contribution < 1.29 is 9.53 Å². The van der Waals surface area contributed by atoms with Gasteiger partial charge in [0, 0.05) is 29.1 Å². The summed E-state index contributed by atoms with van der Waals surface area (Å²) in [6.07, 6.45) is 5.08. The van der Waals surface area contributed by atoms with E-state index in [1.165, 1.54) is 11.9 Å². The minimum absolute atomic E-state index is 0.0231. The summed E-state index contributed by atoms with van der Waals surface area (Å²) in [5, 5.41) is 0. The lowest BCUT2D eigenvalue weighted by Gasteiger charge is -2.26. The number of nitrogens with zero attached hydrogens (tertiary/aromatic N) is 3. The molecule has 0 aliphatic carbocycles. The minimum atomic E-state index is -0.0231. The fourth-order valence-electron chi connectivity index (χ4n) is 3.42. The standard InChI is InChI=1S/C23H23N3O2/c1-15-4-5-19(8-16(15)2)23(27)26-12-20-9-18(21-10-24-14-25-11-21)6-7-22(20)28-13-17(26)3/h4-11,14,17H,12-13H2,1-3H3/t17-/m0/s1. The number of hydrogen-bond donors (Lipinski definition) is 0. The zero-order valence-corrected chi connectivity index (χ0v) is 16.3. The zero-order valence-electron chi connectivity index (χ0n) is 16.3. The molecule has 0 bridgehead atoms. The predicted molar refractivity (Wildman–Crippen MR) is 108 cm³/mol. The van der Waals surface area contributed by atoms with Gasteiger partial charge in [-0.3, -0.25) is 4.79 Å². The Labute approximate surface area is 165 Å². The first-order chi connectivity index (χ1) is 13.5. The summed E-state index contributed by atoms with van der Waals surface area (Å²) >= 11 is 0. The molecule has 0 fully saturated rings. The van der Waals surface area contributed by atoms with Crippen molar-refractivity contribution in [3.05, 3.63) is 77.4 Å². The van der Waals surface area contributed by atoms with Crippen LogP contribution in [-0.4, -0.2) is 33.4 Å². The van der Waals surface area contributed by atoms with Crippen LogP contribution in [0.25, 0.3) is 11.1 Å². The molecule has 3 aromatic rings. The third kappa shape index (κ3) is 3.48. The summed E-state index contributed by atoms with van der Waals surface area (Å²) in [6.45, 7) is 7.08. The molecule has 0 unspecified atom stereocenters. The first kappa shape index (κ1) is 18.2. The fourth-order valence-corrected chi connectivity index (χ4v) is 3.42. The molecule has 2 aromatic carbocycles. The Morgan fingerprint density at radius 2 is 1.82 bits per heavy atom. The van der Waals surface area contributed by atoms with E-state index < -0.39 is 0 Å². The van der Waals surface area contributed by atoms with Crippen LogP contribution >= 0.6 is 0 Å². The maximum atomic E-state index is 13.2. The number of hydrogen-bond acceptors (Lipinski definition) is 4. The lowest BCUT2D eigenvalue weighted by Crippen LogP contribution is -2.39. The lowest BCUT2D eigenvalue weighted by molar-refractivity contribution is 0.0645. The van der Waals surface area contributed by atoms with Gasteiger partial charge in [-0.1, -0.05) is 12.1 Å². The predicted octanol–water partition coefficient (Wildman–Crippen LogP) is 4.18. The average Bonchev–Trinajstić information content (AvgIpc) is 2.88. The smallest absolute Gasteiger partial charge is 0.254 e. The number of amides is 1. The Morgan fingerprint density at radius 3 is 2.57 bits per heavy atom. The molecule has 0 N–H and O–H groups in total. The van der Waals surface area contributed by atoms with Crippen LogP contribution < -0.4 is 4.74 Å². The highest BCUT2D eigenvalue weighted by Gasteiger charge is 2.27. The molecule has 0 radical (unpaired) electrons. The van der Waals surface area contributed by atoms with Gasteiger partial charge in [-0.2, -0.15) is 0 Å². The van der Waals surface area contributed by atoms with Crippen molar-refractivity contribution in [1.82, 2.24) is 14.9 Å². The van der Waals surface area contributed by atoms with Crippen LogP contribution in [0.5, 0.6) is 5.75 Å². The van der Waals surface area contributed by atoms with E-state index in [9.17, 15) is 4.79 Å². The van der Waals surface area contributed by atoms with Gasteiger partial charge in [0.25, 0.3) is 5.91 Å². The first-order valence-electron chi connectivity index (χ1n) is 9.42. The molecule has 5 nitrogen and oxygen atoms in total. The molecule has 2 heterocycles. The first-order valence-corrected chi connectivity index (χ1v) is 9.42. The molecule has 5 heteroatoms. The second-order valence-corrected chi connectivity index (χ2v) is 7.34. The summed E-state index contributed by atoms with van der Waals surface area (Å²) in [6, 6.07) is 11.9. The number of aromatic nitrogens is 2. The van der Waals surface area contributed by atoms with Gasteiger partial charge in [-0.05, 0) is 61.7 Å². The topological polar surface area (TPSA) is 55.3 Å². The molecule has 1 aliphatic heterocycles. The molecule has 0 spiro atoms. The van der Waals surface area contributed by atoms with Crippen LogP contribution in [0.2, 0.25) is 0 Å². The maximum Gasteiger partial charge on any atom is 0.254 e. The van der Waals surface area contributed by atoms with Gasteiger partial charge in [-0.15, -0.1) is 0 Å². The highest BCUT2D eigenvalue weighted by atomic mass is 16.5. The van der Waals surface area contributed by atoms with Gasteiger partial charge in [-0.25, -0.2) is 9.97 Å². The molecule has 0 saturated heterocycles. The summed E-state index contributed by atoms with van der Waals surface area (Å²) in [7, 11) is 0. The largest absolute Gasteiger partial charge is 0.491 e. The van der Waals surface area contributed by atoms with Crippen LogP contribution in [0.15, 0.2) is 55.1 Å². The van der Waals surface area contributed by atoms with Crippen molar-refractivity contribution in [2.45, 2.75) is 33.4 Å². The monoisotopic (exact) mass is 373 g/mol. The number of carbonyl (C=O) groups excluding carboxylic acids is 1. The normalized spacial score (nSPS) is 16.1. The van der Waals surface area contributed by atoms with E-state index in [1.54, 1.807) is 12.4 Å². The van der Waals surface area contributed by atoms with Crippen molar-refractivity contribution in [1.29, 1.82) is 0 Å². The van der Waals surface area contributed by atoms with Crippen molar-refractivity contribution in [3.8, 4) is 16.9 Å². The number of ether oxygens (including phenoxy) is 1. The molecule has 142 valence electrons. The molecule has 4 rings (SSSR count). The summed E-state index contributed by atoms with van der Waals surface area (Å²) in [5.74, 6) is 0.850. The third-order valence-corrected chi connectivity index (χ3v) is 5.32. The van der Waals surface area contributed by atoms with Crippen molar-refractivity contribution in [3.63, 3.8) is 0 Å². The quantitative estimate of drug-likeness (QED) is 0.676. The molecule has 1 aliphatic rings. The van der Waals surface area contributed by atoms with E-state index in [1.807, 2.05) is 49.1 Å². The van der Waals surface area contributed by atoms with E-state index in [0.717, 1.165) is 28.0 Å². The van der Waals surface area contributed by atoms with Crippen LogP contribution in [0.1, 0.15) is 34.0 Å². The van der Waals surface area contributed by atoms with Crippen LogP contribution in [0.3, 0.4) is 0 Å². The van der Waals surface area contributed by atoms with Crippen LogP contribution in [0.4, 0.5) is 0 Å². The molecular weight excluding hydrogens is 350 g/mol. The molecule has 0 saturated carbocycles. The molecule has 1 amide bonds. The fraction of sp³-hybridized carbons (Fsp3) is 0.261. The molecule has 28 heavy (non-hydrogen) atoms. The van der Waals surface area contributed by atoms with E-state index in [4.69, 9.17) is 4.74 Å². The average molecular weight is 373 g/mol. The van der Waals surface area contributed by atoms with Gasteiger partial charge in [0.05, 0.1) is 12.6 Å². The Kier molecular flexibility index (Phi) is 4.82. The Morgan fingerprint density at radius 1 is 1.04 bits per heavy atom. The summed E-state index contributed by atoms with van der Waals surface area (Å²) in [5.41, 5.74) is 5.96. The van der Waals surface area contributed by atoms with E-state index in [0.29, 0.717) is 18.7 Å². The van der Waals surface area contributed by atoms with Gasteiger partial charge < -0.3 is 9.64 Å². The maximum absolute atomic E-state index is 13.2. The Balaban J connectivity index is 1.67. The Hall–Kier alpha value is -3.21. The SMILES string of the molecule is Cc1ccc(C(=O)N2Cc3cc(-c4cncnc4)ccc3OC[C@@H]2C)cc1C. The number of carbonyl (C=O) groups is 1. The second kappa shape index (κ2) is 7.43. The van der Waals surface area contributed by atoms with E-state index in [2.05, 4.69) is 23.0 Å². The summed E-state index contributed by atoms with van der Waals surface area (Å²) < 4.78 is 5.99. The zero-order chi connectivity index (χ0) is 19.7. The van der Waals surface area contributed by atoms with Crippen molar-refractivity contribution >= 4 is 5.91 Å². The molecule has 1 atom stereocenters. The third-order valence-electron chi connectivity index (χ3n) is 5.32. The second-order valence-electron chi connectivity index (χ2n) is 7.34. The van der Waals surface area contributed by atoms with Gasteiger partial charge in [0.1, 0.15) is 18.7 Å². The number of aryl methyl sites for hydroxylation is 2. The lowest BCUT2D eigenvalue weighted by atomic mass is 10.0. The molecule has 1 aromatic heterocycles. The van der Waals surface area contributed by atoms with Gasteiger partial charge in [0.2, 0.25) is 0 Å². The number of benzene rings is 2. The summed E-state index contributed by atoms with van der Waals surface area (Å²) in [4.78, 5) is 23.3. The van der Waals surface area contributed by atoms with Crippen LogP contribution in [0, 0.1) is 13.8 Å². The Bertz CT molecular complexity index is 1020. The van der Waals surface area contributed by atoms with E-state index >= 15 is 0 Å². The number of fused-ring (bicyclic) bond motifs is 1. The highest BCUT2D eigenvalue weighted by Crippen LogP contribution is 2.30. The van der Waals surface area contributed by atoms with E-state index in [-0.39, 0.29) is 11.9 Å². The van der Waals surface area contributed by atoms with Crippen LogP contribution in [-0.2, 0) is 6.54 Å². The van der Waals surface area contributed by atoms with Gasteiger partial charge in [0.15, 0.2) is 0 Å². The van der Waals surface area contributed by atoms with Crippen molar-refractivity contribution in [2.75, 3.05) is 6.61 Å². The minimum Gasteiger partial charge on any atom is -0.491 e.